The summed E-state index contributed by atoms with van der Waals surface area (Å²) in [5.74, 6) is 1.57. The minimum atomic E-state index is 0.209. The van der Waals surface area contributed by atoms with E-state index >= 15 is 0 Å². The van der Waals surface area contributed by atoms with Crippen molar-refractivity contribution in [1.29, 1.82) is 0 Å². The van der Waals surface area contributed by atoms with Crippen LogP contribution >= 0.6 is 0 Å². The molecule has 2 aliphatic heterocycles. The van der Waals surface area contributed by atoms with Crippen LogP contribution in [0.5, 0.6) is 0 Å². The third kappa shape index (κ3) is 2.01. The Morgan fingerprint density at radius 3 is 2.81 bits per heavy atom. The lowest BCUT2D eigenvalue weighted by atomic mass is 9.93. The minimum absolute atomic E-state index is 0.209. The molecule has 0 aromatic rings. The van der Waals surface area contributed by atoms with Crippen LogP contribution in [0.15, 0.2) is 11.6 Å². The summed E-state index contributed by atoms with van der Waals surface area (Å²) in [6.07, 6.45) is 2.85. The molecule has 2 saturated heterocycles. The van der Waals surface area contributed by atoms with Crippen LogP contribution in [0.25, 0.3) is 0 Å². The predicted molar refractivity (Wildman–Crippen MR) is 65.1 cm³/mol. The Labute approximate surface area is 97.9 Å². The first-order valence-corrected chi connectivity index (χ1v) is 6.29. The van der Waals surface area contributed by atoms with E-state index in [0.717, 1.165) is 31.6 Å². The molecule has 2 rings (SSSR count). The van der Waals surface area contributed by atoms with Gasteiger partial charge in [-0.3, -0.25) is 4.79 Å². The molecule has 3 atom stereocenters. The quantitative estimate of drug-likeness (QED) is 0.716. The first-order chi connectivity index (χ1) is 7.63. The number of fused-ring (bicyclic) bond motifs is 1. The molecule has 0 aromatic carbocycles. The SMILES string of the molecule is CCC1C2CNCC2CN1C(=O)C=C(C)C. The fourth-order valence-electron chi connectivity index (χ4n) is 3.13. The van der Waals surface area contributed by atoms with Crippen LogP contribution in [0.2, 0.25) is 0 Å². The number of allylic oxidation sites excluding steroid dienone is 1. The number of hydrogen-bond donors (Lipinski definition) is 1. The first-order valence-electron chi connectivity index (χ1n) is 6.29. The molecule has 0 radical (unpaired) electrons. The van der Waals surface area contributed by atoms with E-state index in [1.54, 1.807) is 6.08 Å². The van der Waals surface area contributed by atoms with Gasteiger partial charge in [0.25, 0.3) is 0 Å². The van der Waals surface area contributed by atoms with Gasteiger partial charge in [-0.1, -0.05) is 12.5 Å². The molecule has 90 valence electrons. The van der Waals surface area contributed by atoms with Crippen LogP contribution < -0.4 is 5.32 Å². The van der Waals surface area contributed by atoms with Crippen LogP contribution in [-0.2, 0) is 4.79 Å². The number of nitrogens with one attached hydrogen (secondary N) is 1. The highest BCUT2D eigenvalue weighted by Crippen LogP contribution is 2.34. The molecule has 3 nitrogen and oxygen atoms in total. The summed E-state index contributed by atoms with van der Waals surface area (Å²) in [4.78, 5) is 14.2. The van der Waals surface area contributed by atoms with Gasteiger partial charge in [0.05, 0.1) is 0 Å². The highest BCUT2D eigenvalue weighted by molar-refractivity contribution is 5.88. The Morgan fingerprint density at radius 1 is 1.44 bits per heavy atom. The van der Waals surface area contributed by atoms with E-state index < -0.39 is 0 Å². The molecule has 0 bridgehead atoms. The fraction of sp³-hybridized carbons (Fsp3) is 0.769. The second-order valence-corrected chi connectivity index (χ2v) is 5.27. The Hall–Kier alpha value is -0.830. The molecule has 3 unspecified atom stereocenters. The van der Waals surface area contributed by atoms with E-state index in [9.17, 15) is 4.79 Å². The summed E-state index contributed by atoms with van der Waals surface area (Å²) < 4.78 is 0. The van der Waals surface area contributed by atoms with Crippen molar-refractivity contribution in [1.82, 2.24) is 10.2 Å². The number of carbonyl (C=O) groups is 1. The lowest BCUT2D eigenvalue weighted by molar-refractivity contribution is -0.127. The molecule has 1 N–H and O–H groups in total. The van der Waals surface area contributed by atoms with Gasteiger partial charge in [-0.25, -0.2) is 0 Å². The molecular weight excluding hydrogens is 200 g/mol. The van der Waals surface area contributed by atoms with Gasteiger partial charge in [0.1, 0.15) is 0 Å². The maximum atomic E-state index is 12.1. The predicted octanol–water partition coefficient (Wildman–Crippen LogP) is 1.41. The van der Waals surface area contributed by atoms with E-state index in [1.165, 1.54) is 0 Å². The number of carbonyl (C=O) groups excluding carboxylic acids is 1. The highest BCUT2D eigenvalue weighted by atomic mass is 16.2. The normalized spacial score (nSPS) is 32.7. The van der Waals surface area contributed by atoms with Crippen LogP contribution in [0.4, 0.5) is 0 Å². The van der Waals surface area contributed by atoms with Crippen molar-refractivity contribution in [2.45, 2.75) is 33.2 Å². The van der Waals surface area contributed by atoms with E-state index in [1.807, 2.05) is 13.8 Å². The van der Waals surface area contributed by atoms with Gasteiger partial charge in [0.15, 0.2) is 0 Å². The zero-order chi connectivity index (χ0) is 11.7. The van der Waals surface area contributed by atoms with Gasteiger partial charge >= 0.3 is 0 Å². The van der Waals surface area contributed by atoms with Crippen molar-refractivity contribution >= 4 is 5.91 Å². The number of likely N-dealkylation sites (tertiary alicyclic amines) is 1. The molecule has 1 amide bonds. The summed E-state index contributed by atoms with van der Waals surface area (Å²) in [5, 5.41) is 3.44. The van der Waals surface area contributed by atoms with Gasteiger partial charge in [-0.15, -0.1) is 0 Å². The number of rotatable bonds is 2. The zero-order valence-electron chi connectivity index (χ0n) is 10.5. The van der Waals surface area contributed by atoms with Crippen molar-refractivity contribution in [2.75, 3.05) is 19.6 Å². The second kappa shape index (κ2) is 4.58. The lowest BCUT2D eigenvalue weighted by Gasteiger charge is -2.26. The van der Waals surface area contributed by atoms with Gasteiger partial charge in [0.2, 0.25) is 5.91 Å². The monoisotopic (exact) mass is 222 g/mol. The zero-order valence-corrected chi connectivity index (χ0v) is 10.5. The van der Waals surface area contributed by atoms with Crippen molar-refractivity contribution in [3.05, 3.63) is 11.6 Å². The maximum absolute atomic E-state index is 12.1. The second-order valence-electron chi connectivity index (χ2n) is 5.27. The number of hydrogen-bond acceptors (Lipinski definition) is 2. The fourth-order valence-corrected chi connectivity index (χ4v) is 3.13. The van der Waals surface area contributed by atoms with Gasteiger partial charge in [-0.05, 0) is 32.1 Å². The first kappa shape index (κ1) is 11.6. The Morgan fingerprint density at radius 2 is 2.19 bits per heavy atom. The third-order valence-corrected chi connectivity index (χ3v) is 3.83. The molecule has 2 fully saturated rings. The van der Waals surface area contributed by atoms with Crippen LogP contribution in [0.3, 0.4) is 0 Å². The lowest BCUT2D eigenvalue weighted by Crippen LogP contribution is -2.38. The molecule has 0 aliphatic carbocycles. The smallest absolute Gasteiger partial charge is 0.246 e. The summed E-state index contributed by atoms with van der Waals surface area (Å²) >= 11 is 0. The number of amides is 1. The van der Waals surface area contributed by atoms with Crippen LogP contribution in [-0.4, -0.2) is 36.5 Å². The minimum Gasteiger partial charge on any atom is -0.336 e. The standard InChI is InChI=1S/C13H22N2O/c1-4-12-11-7-14-6-10(11)8-15(12)13(16)5-9(2)3/h5,10-12,14H,4,6-8H2,1-3H3. The van der Waals surface area contributed by atoms with Crippen LogP contribution in [0, 0.1) is 11.8 Å². The van der Waals surface area contributed by atoms with Crippen molar-refractivity contribution in [2.24, 2.45) is 11.8 Å². The molecule has 0 spiro atoms. The molecular formula is C13H22N2O. The van der Waals surface area contributed by atoms with E-state index in [0.29, 0.717) is 17.9 Å². The van der Waals surface area contributed by atoms with Gasteiger partial charge in [0, 0.05) is 31.8 Å². The molecule has 0 saturated carbocycles. The van der Waals surface area contributed by atoms with Gasteiger partial charge in [-0.2, -0.15) is 0 Å². The molecule has 16 heavy (non-hydrogen) atoms. The molecule has 2 heterocycles. The molecule has 3 heteroatoms. The topological polar surface area (TPSA) is 32.3 Å². The summed E-state index contributed by atoms with van der Waals surface area (Å²) in [5.41, 5.74) is 1.09. The van der Waals surface area contributed by atoms with Crippen molar-refractivity contribution in [3.63, 3.8) is 0 Å². The Balaban J connectivity index is 2.11. The molecule has 0 aromatic heterocycles. The van der Waals surface area contributed by atoms with Crippen molar-refractivity contribution < 1.29 is 4.79 Å². The van der Waals surface area contributed by atoms with E-state index in [2.05, 4.69) is 17.1 Å². The Bertz CT molecular complexity index is 307. The van der Waals surface area contributed by atoms with E-state index in [-0.39, 0.29) is 5.91 Å². The maximum Gasteiger partial charge on any atom is 0.246 e. The Kier molecular flexibility index (Phi) is 3.33. The summed E-state index contributed by atoms with van der Waals surface area (Å²) in [6, 6.07) is 0.447. The average molecular weight is 222 g/mol. The highest BCUT2D eigenvalue weighted by Gasteiger charge is 2.44. The third-order valence-electron chi connectivity index (χ3n) is 3.83. The van der Waals surface area contributed by atoms with E-state index in [4.69, 9.17) is 0 Å². The summed E-state index contributed by atoms with van der Waals surface area (Å²) in [7, 11) is 0. The number of nitrogens with zero attached hydrogens (tertiary/aromatic N) is 1. The van der Waals surface area contributed by atoms with Crippen LogP contribution in [0.1, 0.15) is 27.2 Å². The average Bonchev–Trinajstić information content (AvgIpc) is 2.74. The van der Waals surface area contributed by atoms with Gasteiger partial charge < -0.3 is 10.2 Å². The van der Waals surface area contributed by atoms with Crippen molar-refractivity contribution in [3.8, 4) is 0 Å². The molecule has 2 aliphatic rings. The largest absolute Gasteiger partial charge is 0.336 e. The summed E-state index contributed by atoms with van der Waals surface area (Å²) in [6.45, 7) is 9.27.